The number of methoxy groups -OCH3 is 1. The van der Waals surface area contributed by atoms with Crippen molar-refractivity contribution in [1.82, 2.24) is 4.90 Å². The molecule has 0 radical (unpaired) electrons. The van der Waals surface area contributed by atoms with Crippen molar-refractivity contribution in [2.24, 2.45) is 0 Å². The van der Waals surface area contributed by atoms with E-state index in [0.29, 0.717) is 13.2 Å². The summed E-state index contributed by atoms with van der Waals surface area (Å²) in [4.78, 5) is 14.0. The van der Waals surface area contributed by atoms with Gasteiger partial charge in [0.05, 0.1) is 19.3 Å². The van der Waals surface area contributed by atoms with Gasteiger partial charge in [-0.1, -0.05) is 13.0 Å². The van der Waals surface area contributed by atoms with Gasteiger partial charge in [0, 0.05) is 13.2 Å². The molecular formula is C16H21ClFNO3. The molecule has 1 aromatic rings. The van der Waals surface area contributed by atoms with Crippen molar-refractivity contribution < 1.29 is 18.7 Å². The summed E-state index contributed by atoms with van der Waals surface area (Å²) in [6.07, 6.45) is 1.65. The van der Waals surface area contributed by atoms with E-state index in [2.05, 4.69) is 0 Å². The molecule has 2 atom stereocenters. The van der Waals surface area contributed by atoms with E-state index >= 15 is 0 Å². The molecule has 1 aliphatic rings. The Bertz CT molecular complexity index is 526. The molecule has 0 aliphatic carbocycles. The summed E-state index contributed by atoms with van der Waals surface area (Å²) in [5, 5.41) is 0. The zero-order valence-corrected chi connectivity index (χ0v) is 13.6. The fourth-order valence-corrected chi connectivity index (χ4v) is 3.00. The summed E-state index contributed by atoms with van der Waals surface area (Å²) in [5.41, 5.74) is 0.804. The third-order valence-electron chi connectivity index (χ3n) is 3.98. The van der Waals surface area contributed by atoms with Crippen molar-refractivity contribution in [3.8, 4) is 5.75 Å². The Morgan fingerprint density at radius 1 is 1.55 bits per heavy atom. The molecule has 0 spiro atoms. The van der Waals surface area contributed by atoms with Gasteiger partial charge in [0.25, 0.3) is 0 Å². The van der Waals surface area contributed by atoms with Crippen LogP contribution in [-0.4, -0.2) is 42.5 Å². The second-order valence-corrected chi connectivity index (χ2v) is 5.56. The Morgan fingerprint density at radius 3 is 2.95 bits per heavy atom. The van der Waals surface area contributed by atoms with Gasteiger partial charge >= 0.3 is 0 Å². The maximum absolute atomic E-state index is 13.5. The number of nitrogens with zero attached hydrogens (tertiary/aromatic N) is 1. The number of carbonyl (C=O) groups is 1. The summed E-state index contributed by atoms with van der Waals surface area (Å²) >= 11 is 5.75. The standard InChI is InChI=1S/C16H21ClFNO3/c1-3-14-13(6-7-22-14)19(16(20)9-17)10-11-4-5-12(18)15(8-11)21-2/h4-5,8,13-14H,3,6-7,9-10H2,1-2H3/t13-,14+/m1/s1. The summed E-state index contributed by atoms with van der Waals surface area (Å²) in [6, 6.07) is 4.62. The van der Waals surface area contributed by atoms with Crippen molar-refractivity contribution in [1.29, 1.82) is 0 Å². The highest BCUT2D eigenvalue weighted by atomic mass is 35.5. The maximum atomic E-state index is 13.5. The molecule has 0 saturated carbocycles. The lowest BCUT2D eigenvalue weighted by atomic mass is 10.0. The van der Waals surface area contributed by atoms with Gasteiger partial charge in [0.2, 0.25) is 5.91 Å². The number of halogens is 2. The lowest BCUT2D eigenvalue weighted by Gasteiger charge is -2.31. The molecule has 1 aliphatic heterocycles. The van der Waals surface area contributed by atoms with Crippen LogP contribution in [0.1, 0.15) is 25.3 Å². The maximum Gasteiger partial charge on any atom is 0.238 e. The van der Waals surface area contributed by atoms with E-state index in [1.165, 1.54) is 13.2 Å². The Kier molecular flexibility index (Phi) is 6.03. The second-order valence-electron chi connectivity index (χ2n) is 5.30. The van der Waals surface area contributed by atoms with E-state index in [4.69, 9.17) is 21.1 Å². The topological polar surface area (TPSA) is 38.8 Å². The Hall–Kier alpha value is -1.33. The third kappa shape index (κ3) is 3.70. The molecule has 22 heavy (non-hydrogen) atoms. The largest absolute Gasteiger partial charge is 0.494 e. The Labute approximate surface area is 135 Å². The van der Waals surface area contributed by atoms with Crippen LogP contribution in [-0.2, 0) is 16.1 Å². The van der Waals surface area contributed by atoms with Crippen LogP contribution in [0.15, 0.2) is 18.2 Å². The first kappa shape index (κ1) is 17.0. The number of alkyl halides is 1. The van der Waals surface area contributed by atoms with Gasteiger partial charge in [0.1, 0.15) is 5.88 Å². The molecule has 1 saturated heterocycles. The van der Waals surface area contributed by atoms with E-state index in [0.717, 1.165) is 18.4 Å². The molecule has 1 heterocycles. The van der Waals surface area contributed by atoms with Crippen molar-refractivity contribution in [2.45, 2.75) is 38.5 Å². The van der Waals surface area contributed by atoms with E-state index in [-0.39, 0.29) is 29.7 Å². The van der Waals surface area contributed by atoms with Gasteiger partial charge in [-0.15, -0.1) is 11.6 Å². The predicted octanol–water partition coefficient (Wildman–Crippen LogP) is 2.97. The molecule has 0 aromatic heterocycles. The lowest BCUT2D eigenvalue weighted by Crippen LogP contribution is -2.44. The van der Waals surface area contributed by atoms with E-state index in [1.807, 2.05) is 6.92 Å². The summed E-state index contributed by atoms with van der Waals surface area (Å²) in [6.45, 7) is 3.04. The van der Waals surface area contributed by atoms with Crippen molar-refractivity contribution >= 4 is 17.5 Å². The normalized spacial score (nSPS) is 20.9. The number of carbonyl (C=O) groups excluding carboxylic acids is 1. The van der Waals surface area contributed by atoms with Crippen molar-refractivity contribution in [3.05, 3.63) is 29.6 Å². The zero-order chi connectivity index (χ0) is 16.1. The van der Waals surface area contributed by atoms with Crippen LogP contribution in [0.25, 0.3) is 0 Å². The second kappa shape index (κ2) is 7.79. The number of hydrogen-bond donors (Lipinski definition) is 0. The van der Waals surface area contributed by atoms with Crippen LogP contribution < -0.4 is 4.74 Å². The van der Waals surface area contributed by atoms with Gasteiger partial charge < -0.3 is 14.4 Å². The van der Waals surface area contributed by atoms with Gasteiger partial charge in [-0.3, -0.25) is 4.79 Å². The number of amides is 1. The SMILES string of the molecule is CC[C@@H]1OCC[C@H]1N(Cc1ccc(F)c(OC)c1)C(=O)CCl. The van der Waals surface area contributed by atoms with Gasteiger partial charge in [-0.25, -0.2) is 4.39 Å². The van der Waals surface area contributed by atoms with Crippen LogP contribution in [0.3, 0.4) is 0 Å². The third-order valence-corrected chi connectivity index (χ3v) is 4.21. The van der Waals surface area contributed by atoms with Crippen molar-refractivity contribution in [2.75, 3.05) is 19.6 Å². The minimum atomic E-state index is -0.419. The van der Waals surface area contributed by atoms with E-state index in [1.54, 1.807) is 17.0 Å². The first-order valence-corrected chi connectivity index (χ1v) is 7.93. The smallest absolute Gasteiger partial charge is 0.238 e. The van der Waals surface area contributed by atoms with Gasteiger partial charge in [-0.05, 0) is 30.5 Å². The Balaban J connectivity index is 2.21. The monoisotopic (exact) mass is 329 g/mol. The molecule has 0 unspecified atom stereocenters. The quantitative estimate of drug-likeness (QED) is 0.753. The minimum Gasteiger partial charge on any atom is -0.494 e. The lowest BCUT2D eigenvalue weighted by molar-refractivity contribution is -0.132. The van der Waals surface area contributed by atoms with Gasteiger partial charge in [-0.2, -0.15) is 0 Å². The summed E-state index contributed by atoms with van der Waals surface area (Å²) in [5.74, 6) is -0.466. The van der Waals surface area contributed by atoms with Crippen LogP contribution in [0, 0.1) is 5.82 Å². The molecule has 2 rings (SSSR count). The summed E-state index contributed by atoms with van der Waals surface area (Å²) in [7, 11) is 1.42. The molecule has 122 valence electrons. The molecule has 6 heteroatoms. The average Bonchev–Trinajstić information content (AvgIpc) is 3.01. The van der Waals surface area contributed by atoms with Crippen LogP contribution in [0.2, 0.25) is 0 Å². The Morgan fingerprint density at radius 2 is 2.32 bits per heavy atom. The highest BCUT2D eigenvalue weighted by Gasteiger charge is 2.34. The number of ether oxygens (including phenoxy) is 2. The first-order chi connectivity index (χ1) is 10.6. The molecule has 0 N–H and O–H groups in total. The molecule has 1 amide bonds. The molecule has 1 fully saturated rings. The van der Waals surface area contributed by atoms with E-state index in [9.17, 15) is 9.18 Å². The van der Waals surface area contributed by atoms with Crippen LogP contribution >= 0.6 is 11.6 Å². The van der Waals surface area contributed by atoms with E-state index < -0.39 is 5.82 Å². The number of rotatable bonds is 6. The molecular weight excluding hydrogens is 309 g/mol. The first-order valence-electron chi connectivity index (χ1n) is 7.40. The zero-order valence-electron chi connectivity index (χ0n) is 12.9. The fourth-order valence-electron chi connectivity index (χ4n) is 2.85. The number of hydrogen-bond acceptors (Lipinski definition) is 3. The molecule has 1 aromatic carbocycles. The molecule has 0 bridgehead atoms. The summed E-state index contributed by atoms with van der Waals surface area (Å²) < 4.78 is 24.2. The average molecular weight is 330 g/mol. The van der Waals surface area contributed by atoms with Crippen LogP contribution in [0.5, 0.6) is 5.75 Å². The van der Waals surface area contributed by atoms with Crippen LogP contribution in [0.4, 0.5) is 4.39 Å². The predicted molar refractivity (Wildman–Crippen MR) is 82.7 cm³/mol. The highest BCUT2D eigenvalue weighted by Crippen LogP contribution is 2.26. The fraction of sp³-hybridized carbons (Fsp3) is 0.562. The number of benzene rings is 1. The molecule has 4 nitrogen and oxygen atoms in total. The minimum absolute atomic E-state index is 0.00676. The highest BCUT2D eigenvalue weighted by molar-refractivity contribution is 6.27. The van der Waals surface area contributed by atoms with Crippen molar-refractivity contribution in [3.63, 3.8) is 0 Å². The van der Waals surface area contributed by atoms with Gasteiger partial charge in [0.15, 0.2) is 11.6 Å².